The molecule has 19 heavy (non-hydrogen) atoms. The van der Waals surface area contributed by atoms with E-state index in [9.17, 15) is 4.79 Å². The summed E-state index contributed by atoms with van der Waals surface area (Å²) in [7, 11) is 0. The van der Waals surface area contributed by atoms with Gasteiger partial charge >= 0.3 is 0 Å². The molecule has 0 aromatic rings. The Bertz CT molecular complexity index is 386. The van der Waals surface area contributed by atoms with E-state index in [0.29, 0.717) is 5.92 Å². The number of hydrogen-bond acceptors (Lipinski definition) is 1. The first-order valence-electron chi connectivity index (χ1n) is 7.68. The molecule has 0 spiro atoms. The molecule has 2 heteroatoms. The Labute approximate surface area is 117 Å². The molecule has 1 unspecified atom stereocenters. The van der Waals surface area contributed by atoms with Crippen LogP contribution in [0.2, 0.25) is 0 Å². The van der Waals surface area contributed by atoms with Gasteiger partial charge in [0.25, 0.3) is 0 Å². The van der Waals surface area contributed by atoms with Crippen LogP contribution in [-0.4, -0.2) is 23.9 Å². The van der Waals surface area contributed by atoms with E-state index in [-0.39, 0.29) is 11.3 Å². The number of carbonyl (C=O) groups excluding carboxylic acids is 1. The minimum absolute atomic E-state index is 0.189. The number of amides is 1. The maximum absolute atomic E-state index is 12.1. The standard InChI is InChI=1S/C17H27NO/c1-14-9-10-17(2,3)15(13-14)7-8-16(19)18-11-5-4-6-12-18/h7-8,13-14H,4-6,9-12H2,1-3H3/b8-7+. The Hall–Kier alpha value is -1.05. The molecule has 0 aromatic carbocycles. The molecule has 1 saturated heterocycles. The summed E-state index contributed by atoms with van der Waals surface area (Å²) in [6.07, 6.45) is 12.2. The second-order valence-electron chi connectivity index (χ2n) is 6.74. The number of allylic oxidation sites excluding steroid dienone is 3. The van der Waals surface area contributed by atoms with Gasteiger partial charge in [0.2, 0.25) is 5.91 Å². The smallest absolute Gasteiger partial charge is 0.246 e. The van der Waals surface area contributed by atoms with Gasteiger partial charge in [-0.25, -0.2) is 0 Å². The van der Waals surface area contributed by atoms with Gasteiger partial charge in [-0.1, -0.05) is 32.9 Å². The van der Waals surface area contributed by atoms with Crippen molar-refractivity contribution < 1.29 is 4.79 Å². The van der Waals surface area contributed by atoms with Crippen LogP contribution in [0.5, 0.6) is 0 Å². The molecule has 1 aliphatic carbocycles. The molecule has 2 aliphatic rings. The third-order valence-electron chi connectivity index (χ3n) is 4.54. The molecule has 1 aliphatic heterocycles. The van der Waals surface area contributed by atoms with E-state index in [4.69, 9.17) is 0 Å². The highest BCUT2D eigenvalue weighted by molar-refractivity contribution is 5.88. The fourth-order valence-electron chi connectivity index (χ4n) is 3.01. The van der Waals surface area contributed by atoms with Gasteiger partial charge in [-0.3, -0.25) is 4.79 Å². The molecule has 1 heterocycles. The van der Waals surface area contributed by atoms with Gasteiger partial charge in [0.1, 0.15) is 0 Å². The van der Waals surface area contributed by atoms with E-state index in [0.717, 1.165) is 25.9 Å². The Morgan fingerprint density at radius 1 is 1.32 bits per heavy atom. The summed E-state index contributed by atoms with van der Waals surface area (Å²) >= 11 is 0. The van der Waals surface area contributed by atoms with E-state index in [1.165, 1.54) is 24.8 Å². The summed E-state index contributed by atoms with van der Waals surface area (Å²) < 4.78 is 0. The Morgan fingerprint density at radius 2 is 2.00 bits per heavy atom. The normalized spacial score (nSPS) is 27.4. The number of rotatable bonds is 2. The zero-order chi connectivity index (χ0) is 13.9. The number of nitrogens with zero attached hydrogens (tertiary/aromatic N) is 1. The maximum Gasteiger partial charge on any atom is 0.246 e. The largest absolute Gasteiger partial charge is 0.339 e. The van der Waals surface area contributed by atoms with Crippen LogP contribution in [0.3, 0.4) is 0 Å². The van der Waals surface area contributed by atoms with Gasteiger partial charge in [0, 0.05) is 19.2 Å². The fraction of sp³-hybridized carbons (Fsp3) is 0.706. The highest BCUT2D eigenvalue weighted by Gasteiger charge is 2.26. The molecule has 0 bridgehead atoms. The van der Waals surface area contributed by atoms with E-state index in [1.54, 1.807) is 6.08 Å². The zero-order valence-corrected chi connectivity index (χ0v) is 12.6. The van der Waals surface area contributed by atoms with Gasteiger partial charge in [0.05, 0.1) is 0 Å². The van der Waals surface area contributed by atoms with E-state index in [2.05, 4.69) is 32.9 Å². The van der Waals surface area contributed by atoms with E-state index in [1.807, 2.05) is 4.90 Å². The van der Waals surface area contributed by atoms with E-state index < -0.39 is 0 Å². The lowest BCUT2D eigenvalue weighted by Gasteiger charge is -2.33. The van der Waals surface area contributed by atoms with Crippen LogP contribution >= 0.6 is 0 Å². The summed E-state index contributed by atoms with van der Waals surface area (Å²) in [5.41, 5.74) is 1.54. The second kappa shape index (κ2) is 5.94. The highest BCUT2D eigenvalue weighted by Crippen LogP contribution is 2.39. The van der Waals surface area contributed by atoms with Gasteiger partial charge in [-0.05, 0) is 49.0 Å². The van der Waals surface area contributed by atoms with Crippen molar-refractivity contribution in [3.8, 4) is 0 Å². The summed E-state index contributed by atoms with van der Waals surface area (Å²) in [6.45, 7) is 8.68. The third-order valence-corrected chi connectivity index (χ3v) is 4.54. The molecule has 1 fully saturated rings. The molecule has 2 rings (SSSR count). The van der Waals surface area contributed by atoms with Crippen molar-refractivity contribution in [3.05, 3.63) is 23.8 Å². The Balaban J connectivity index is 2.02. The molecule has 0 aromatic heterocycles. The molecular formula is C17H27NO. The molecule has 2 nitrogen and oxygen atoms in total. The predicted molar refractivity (Wildman–Crippen MR) is 79.8 cm³/mol. The van der Waals surface area contributed by atoms with Crippen LogP contribution in [0.25, 0.3) is 0 Å². The lowest BCUT2D eigenvalue weighted by molar-refractivity contribution is -0.126. The maximum atomic E-state index is 12.1. The van der Waals surface area contributed by atoms with Crippen LogP contribution in [0.1, 0.15) is 52.9 Å². The summed E-state index contributed by atoms with van der Waals surface area (Å²) in [5.74, 6) is 0.826. The lowest BCUT2D eigenvalue weighted by Crippen LogP contribution is -2.34. The molecular weight excluding hydrogens is 234 g/mol. The predicted octanol–water partition coefficient (Wildman–Crippen LogP) is 3.94. The number of carbonyl (C=O) groups is 1. The Morgan fingerprint density at radius 3 is 2.68 bits per heavy atom. The second-order valence-corrected chi connectivity index (χ2v) is 6.74. The fourth-order valence-corrected chi connectivity index (χ4v) is 3.01. The number of piperidine rings is 1. The first-order valence-corrected chi connectivity index (χ1v) is 7.68. The molecule has 0 radical (unpaired) electrons. The van der Waals surface area contributed by atoms with Crippen LogP contribution in [0.15, 0.2) is 23.8 Å². The van der Waals surface area contributed by atoms with Crippen LogP contribution < -0.4 is 0 Å². The number of likely N-dealkylation sites (tertiary alicyclic amines) is 1. The van der Waals surface area contributed by atoms with Crippen molar-refractivity contribution >= 4 is 5.91 Å². The van der Waals surface area contributed by atoms with Crippen molar-refractivity contribution in [1.29, 1.82) is 0 Å². The van der Waals surface area contributed by atoms with Gasteiger partial charge in [-0.15, -0.1) is 0 Å². The average molecular weight is 261 g/mol. The van der Waals surface area contributed by atoms with Crippen molar-refractivity contribution in [1.82, 2.24) is 4.90 Å². The van der Waals surface area contributed by atoms with Crippen LogP contribution in [-0.2, 0) is 4.79 Å². The molecule has 0 N–H and O–H groups in total. The van der Waals surface area contributed by atoms with Gasteiger partial charge in [0.15, 0.2) is 0 Å². The van der Waals surface area contributed by atoms with Crippen molar-refractivity contribution in [2.45, 2.75) is 52.9 Å². The van der Waals surface area contributed by atoms with Gasteiger partial charge < -0.3 is 4.90 Å². The summed E-state index contributed by atoms with van der Waals surface area (Å²) in [5, 5.41) is 0. The van der Waals surface area contributed by atoms with Crippen molar-refractivity contribution in [2.75, 3.05) is 13.1 Å². The number of hydrogen-bond donors (Lipinski definition) is 0. The minimum Gasteiger partial charge on any atom is -0.339 e. The SMILES string of the molecule is CC1C=C(/C=C/C(=O)N2CCCCC2)C(C)(C)CC1. The van der Waals surface area contributed by atoms with E-state index >= 15 is 0 Å². The highest BCUT2D eigenvalue weighted by atomic mass is 16.2. The minimum atomic E-state index is 0.189. The molecule has 1 atom stereocenters. The van der Waals surface area contributed by atoms with Crippen LogP contribution in [0.4, 0.5) is 0 Å². The molecule has 1 amide bonds. The quantitative estimate of drug-likeness (QED) is 0.690. The van der Waals surface area contributed by atoms with Crippen LogP contribution in [0, 0.1) is 11.3 Å². The summed E-state index contributed by atoms with van der Waals surface area (Å²) in [6, 6.07) is 0. The first kappa shape index (κ1) is 14.4. The van der Waals surface area contributed by atoms with Crippen molar-refractivity contribution in [2.24, 2.45) is 11.3 Å². The zero-order valence-electron chi connectivity index (χ0n) is 12.6. The van der Waals surface area contributed by atoms with Gasteiger partial charge in [-0.2, -0.15) is 0 Å². The first-order chi connectivity index (χ1) is 8.99. The monoisotopic (exact) mass is 261 g/mol. The Kier molecular flexibility index (Phi) is 4.49. The molecule has 0 saturated carbocycles. The van der Waals surface area contributed by atoms with Crippen molar-refractivity contribution in [3.63, 3.8) is 0 Å². The average Bonchev–Trinajstić information content (AvgIpc) is 2.40. The topological polar surface area (TPSA) is 20.3 Å². The molecule has 106 valence electrons. The third kappa shape index (κ3) is 3.71. The summed E-state index contributed by atoms with van der Waals surface area (Å²) in [4.78, 5) is 14.1. The lowest BCUT2D eigenvalue weighted by atomic mass is 9.73.